The molecule has 0 bridgehead atoms. The average Bonchev–Trinajstić information content (AvgIpc) is 3.12. The van der Waals surface area contributed by atoms with Crippen LogP contribution in [0.15, 0.2) is 42.9 Å². The van der Waals surface area contributed by atoms with Gasteiger partial charge in [0, 0.05) is 32.6 Å². The summed E-state index contributed by atoms with van der Waals surface area (Å²) in [7, 11) is 1.64. The summed E-state index contributed by atoms with van der Waals surface area (Å²) in [6.07, 6.45) is 4.94. The molecule has 1 amide bonds. The average molecular weight is 368 g/mol. The highest BCUT2D eigenvalue weighted by molar-refractivity contribution is 5.65. The first-order valence-electron chi connectivity index (χ1n) is 8.68. The fourth-order valence-corrected chi connectivity index (χ4v) is 3.38. The van der Waals surface area contributed by atoms with Gasteiger partial charge in [-0.2, -0.15) is 0 Å². The SMILES string of the molecule is CO[C@H]1CCN(C(=O)O)C[C@@H]1Nc1ccnc(-c2cnc3ccccn23)n1. The number of ether oxygens (including phenoxy) is 1. The van der Waals surface area contributed by atoms with E-state index in [-0.39, 0.29) is 12.1 Å². The molecule has 1 aliphatic heterocycles. The van der Waals surface area contributed by atoms with Crippen LogP contribution in [-0.2, 0) is 4.74 Å². The van der Waals surface area contributed by atoms with Gasteiger partial charge >= 0.3 is 6.09 Å². The number of pyridine rings is 1. The number of anilines is 1. The van der Waals surface area contributed by atoms with Crippen LogP contribution in [0.1, 0.15) is 6.42 Å². The number of carbonyl (C=O) groups is 1. The quantitative estimate of drug-likeness (QED) is 0.725. The first-order chi connectivity index (χ1) is 13.2. The summed E-state index contributed by atoms with van der Waals surface area (Å²) in [4.78, 5) is 26.0. The zero-order valence-electron chi connectivity index (χ0n) is 14.8. The molecule has 1 fully saturated rings. The Labute approximate surface area is 155 Å². The van der Waals surface area contributed by atoms with E-state index in [0.717, 1.165) is 11.3 Å². The highest BCUT2D eigenvalue weighted by Gasteiger charge is 2.31. The predicted octanol–water partition coefficient (Wildman–Crippen LogP) is 1.97. The molecular weight excluding hydrogens is 348 g/mol. The van der Waals surface area contributed by atoms with E-state index < -0.39 is 6.09 Å². The van der Waals surface area contributed by atoms with Gasteiger partial charge in [0.05, 0.1) is 18.3 Å². The Bertz CT molecular complexity index is 959. The highest BCUT2D eigenvalue weighted by Crippen LogP contribution is 2.21. The van der Waals surface area contributed by atoms with Gasteiger partial charge in [0.1, 0.15) is 17.2 Å². The molecule has 0 spiro atoms. The second kappa shape index (κ2) is 7.20. The fourth-order valence-electron chi connectivity index (χ4n) is 3.38. The maximum atomic E-state index is 11.3. The van der Waals surface area contributed by atoms with Crippen molar-refractivity contribution in [3.63, 3.8) is 0 Å². The number of nitrogens with zero attached hydrogens (tertiary/aromatic N) is 5. The van der Waals surface area contributed by atoms with E-state index in [9.17, 15) is 9.90 Å². The molecule has 0 unspecified atom stereocenters. The van der Waals surface area contributed by atoms with Gasteiger partial charge in [0.15, 0.2) is 5.82 Å². The van der Waals surface area contributed by atoms with Gasteiger partial charge in [-0.3, -0.25) is 4.40 Å². The maximum absolute atomic E-state index is 11.3. The second-order valence-corrected chi connectivity index (χ2v) is 6.38. The third-order valence-corrected chi connectivity index (χ3v) is 4.76. The molecule has 140 valence electrons. The van der Waals surface area contributed by atoms with E-state index in [0.29, 0.717) is 31.2 Å². The van der Waals surface area contributed by atoms with Crippen molar-refractivity contribution in [3.05, 3.63) is 42.9 Å². The lowest BCUT2D eigenvalue weighted by Crippen LogP contribution is -2.52. The molecule has 9 heteroatoms. The molecule has 3 aromatic heterocycles. The standard InChI is InChI=1S/C18H20N6O3/c1-27-14-6-9-23(18(25)26)11-12(14)21-15-5-7-19-17(22-15)13-10-20-16-4-2-3-8-24(13)16/h2-5,7-8,10,12,14H,6,9,11H2,1H3,(H,25,26)(H,19,21,22)/t12-,14-/m0/s1. The Morgan fingerprint density at radius 1 is 1.33 bits per heavy atom. The van der Waals surface area contributed by atoms with Crippen molar-refractivity contribution >= 4 is 17.6 Å². The topological polar surface area (TPSA) is 105 Å². The van der Waals surface area contributed by atoms with Crippen LogP contribution in [0.5, 0.6) is 0 Å². The zero-order chi connectivity index (χ0) is 18.8. The number of fused-ring (bicyclic) bond motifs is 1. The van der Waals surface area contributed by atoms with Crippen LogP contribution >= 0.6 is 0 Å². The van der Waals surface area contributed by atoms with Crippen LogP contribution < -0.4 is 5.32 Å². The lowest BCUT2D eigenvalue weighted by Gasteiger charge is -2.37. The van der Waals surface area contributed by atoms with Crippen LogP contribution in [0.3, 0.4) is 0 Å². The van der Waals surface area contributed by atoms with Gasteiger partial charge < -0.3 is 20.1 Å². The van der Waals surface area contributed by atoms with Crippen LogP contribution in [0.25, 0.3) is 17.2 Å². The number of hydrogen-bond donors (Lipinski definition) is 2. The third kappa shape index (κ3) is 3.41. The van der Waals surface area contributed by atoms with E-state index in [1.165, 1.54) is 4.90 Å². The summed E-state index contributed by atoms with van der Waals surface area (Å²) in [5.41, 5.74) is 1.60. The minimum absolute atomic E-state index is 0.0881. The van der Waals surface area contributed by atoms with Crippen molar-refractivity contribution < 1.29 is 14.6 Å². The van der Waals surface area contributed by atoms with E-state index in [4.69, 9.17) is 4.74 Å². The Morgan fingerprint density at radius 3 is 3.04 bits per heavy atom. The van der Waals surface area contributed by atoms with Crippen LogP contribution in [-0.4, -0.2) is 67.8 Å². The number of methoxy groups -OCH3 is 1. The maximum Gasteiger partial charge on any atom is 0.407 e. The summed E-state index contributed by atoms with van der Waals surface area (Å²) in [6.45, 7) is 0.797. The first kappa shape index (κ1) is 17.2. The van der Waals surface area contributed by atoms with Gasteiger partial charge in [-0.1, -0.05) is 6.07 Å². The lowest BCUT2D eigenvalue weighted by molar-refractivity contribution is 0.0323. The molecule has 2 atom stereocenters. The zero-order valence-corrected chi connectivity index (χ0v) is 14.8. The highest BCUT2D eigenvalue weighted by atomic mass is 16.5. The molecule has 3 aromatic rings. The smallest absolute Gasteiger partial charge is 0.407 e. The lowest BCUT2D eigenvalue weighted by atomic mass is 10.0. The first-order valence-corrected chi connectivity index (χ1v) is 8.68. The molecule has 1 saturated heterocycles. The van der Waals surface area contributed by atoms with E-state index in [1.54, 1.807) is 25.6 Å². The number of imidazole rings is 1. The molecule has 4 heterocycles. The number of rotatable bonds is 4. The summed E-state index contributed by atoms with van der Waals surface area (Å²) in [5.74, 6) is 1.16. The summed E-state index contributed by atoms with van der Waals surface area (Å²) in [6, 6.07) is 7.33. The molecule has 9 nitrogen and oxygen atoms in total. The van der Waals surface area contributed by atoms with Crippen molar-refractivity contribution in [2.75, 3.05) is 25.5 Å². The number of likely N-dealkylation sites (tertiary alicyclic amines) is 1. The van der Waals surface area contributed by atoms with Gasteiger partial charge in [-0.15, -0.1) is 0 Å². The number of carboxylic acid groups (broad SMARTS) is 1. The largest absolute Gasteiger partial charge is 0.465 e. The van der Waals surface area contributed by atoms with Crippen molar-refractivity contribution in [2.45, 2.75) is 18.6 Å². The summed E-state index contributed by atoms with van der Waals surface area (Å²) >= 11 is 0. The minimum Gasteiger partial charge on any atom is -0.465 e. The monoisotopic (exact) mass is 368 g/mol. The number of amides is 1. The molecule has 0 saturated carbocycles. The summed E-state index contributed by atoms with van der Waals surface area (Å²) < 4.78 is 7.45. The van der Waals surface area contributed by atoms with E-state index >= 15 is 0 Å². The molecule has 27 heavy (non-hydrogen) atoms. The van der Waals surface area contributed by atoms with E-state index in [2.05, 4.69) is 20.3 Å². The molecule has 0 radical (unpaired) electrons. The van der Waals surface area contributed by atoms with Crippen molar-refractivity contribution in [1.82, 2.24) is 24.3 Å². The van der Waals surface area contributed by atoms with Crippen LogP contribution in [0.2, 0.25) is 0 Å². The third-order valence-electron chi connectivity index (χ3n) is 4.76. The Morgan fingerprint density at radius 2 is 2.22 bits per heavy atom. The molecule has 0 aliphatic carbocycles. The second-order valence-electron chi connectivity index (χ2n) is 6.38. The summed E-state index contributed by atoms with van der Waals surface area (Å²) in [5, 5.41) is 12.6. The Balaban J connectivity index is 1.59. The molecule has 4 rings (SSSR count). The van der Waals surface area contributed by atoms with Gasteiger partial charge in [0.2, 0.25) is 0 Å². The number of hydrogen-bond acceptors (Lipinski definition) is 6. The normalized spacial score (nSPS) is 20.0. The molecule has 1 aliphatic rings. The Hall–Kier alpha value is -3.20. The van der Waals surface area contributed by atoms with Crippen LogP contribution in [0.4, 0.5) is 10.6 Å². The Kier molecular flexibility index (Phi) is 4.59. The van der Waals surface area contributed by atoms with Crippen molar-refractivity contribution in [3.8, 4) is 11.5 Å². The van der Waals surface area contributed by atoms with Crippen molar-refractivity contribution in [1.29, 1.82) is 0 Å². The number of piperidine rings is 1. The molecule has 2 N–H and O–H groups in total. The van der Waals surface area contributed by atoms with Gasteiger partial charge in [0.25, 0.3) is 0 Å². The molecule has 0 aromatic carbocycles. The van der Waals surface area contributed by atoms with Crippen LogP contribution in [0, 0.1) is 0 Å². The fraction of sp³-hybridized carbons (Fsp3) is 0.333. The number of nitrogens with one attached hydrogen (secondary N) is 1. The molecular formula is C18H20N6O3. The van der Waals surface area contributed by atoms with Gasteiger partial charge in [-0.05, 0) is 24.6 Å². The number of aromatic nitrogens is 4. The van der Waals surface area contributed by atoms with Crippen molar-refractivity contribution in [2.24, 2.45) is 0 Å². The van der Waals surface area contributed by atoms with Gasteiger partial charge in [-0.25, -0.2) is 19.7 Å². The minimum atomic E-state index is -0.926. The predicted molar refractivity (Wildman–Crippen MR) is 98.6 cm³/mol. The van der Waals surface area contributed by atoms with E-state index in [1.807, 2.05) is 28.8 Å².